The summed E-state index contributed by atoms with van der Waals surface area (Å²) in [6.07, 6.45) is 0.471. The fourth-order valence-corrected chi connectivity index (χ4v) is 1.44. The van der Waals surface area contributed by atoms with Crippen LogP contribution in [0.15, 0.2) is 0 Å². The van der Waals surface area contributed by atoms with Gasteiger partial charge in [0.1, 0.15) is 0 Å². The van der Waals surface area contributed by atoms with Crippen LogP contribution in [0.25, 0.3) is 0 Å². The molecule has 0 aliphatic heterocycles. The van der Waals surface area contributed by atoms with Crippen LogP contribution >= 0.6 is 0 Å². The largest absolute Gasteiger partial charge is 0.284 e. The molecule has 0 radical (unpaired) electrons. The Hall–Kier alpha value is -0.130. The highest BCUT2D eigenvalue weighted by atomic mass is 32.2. The number of rotatable bonds is 5. The second-order valence-electron chi connectivity index (χ2n) is 2.57. The minimum absolute atomic E-state index is 0.111. The summed E-state index contributed by atoms with van der Waals surface area (Å²) in [5.74, 6) is 0.111. The van der Waals surface area contributed by atoms with Gasteiger partial charge >= 0.3 is 0 Å². The first-order valence-electron chi connectivity index (χ1n) is 3.63. The molecule has 0 fully saturated rings. The molecular weight excluding hydrogens is 166 g/mol. The summed E-state index contributed by atoms with van der Waals surface area (Å²) in [6, 6.07) is 0. The molecule has 0 amide bonds. The Balaban J connectivity index is 3.74. The van der Waals surface area contributed by atoms with Crippen LogP contribution in [-0.2, 0) is 14.9 Å². The summed E-state index contributed by atoms with van der Waals surface area (Å²) in [5, 5.41) is 0. The van der Waals surface area contributed by atoms with E-state index in [0.29, 0.717) is 6.42 Å². The molecule has 0 unspecified atom stereocenters. The van der Waals surface area contributed by atoms with Crippen molar-refractivity contribution in [2.45, 2.75) is 33.3 Å². The molecule has 5 heteroatoms. The molecule has 1 N–H and O–H groups in total. The lowest BCUT2D eigenvalue weighted by molar-refractivity contribution is 0.0409. The van der Waals surface area contributed by atoms with E-state index in [-0.39, 0.29) is 11.9 Å². The Morgan fingerprint density at radius 1 is 1.45 bits per heavy atom. The maximum absolute atomic E-state index is 10.9. The fraction of sp³-hybridized carbons (Fsp3) is 1.00. The van der Waals surface area contributed by atoms with Crippen molar-refractivity contribution in [2.24, 2.45) is 0 Å². The number of hydrogen-bond acceptors (Lipinski definition) is 3. The monoisotopic (exact) mass is 181 g/mol. The number of nitrogens with one attached hydrogen (secondary N) is 1. The molecule has 0 aromatic rings. The van der Waals surface area contributed by atoms with E-state index in [4.69, 9.17) is 4.84 Å². The van der Waals surface area contributed by atoms with Gasteiger partial charge in [0.2, 0.25) is 10.0 Å². The highest BCUT2D eigenvalue weighted by Crippen LogP contribution is 1.90. The van der Waals surface area contributed by atoms with E-state index in [1.54, 1.807) is 20.8 Å². The van der Waals surface area contributed by atoms with Crippen molar-refractivity contribution in [2.75, 3.05) is 5.75 Å². The van der Waals surface area contributed by atoms with Gasteiger partial charge in [-0.3, -0.25) is 4.84 Å². The maximum atomic E-state index is 10.9. The molecular formula is C6H15NO3S. The second-order valence-corrected chi connectivity index (χ2v) is 4.37. The van der Waals surface area contributed by atoms with Crippen molar-refractivity contribution < 1.29 is 13.3 Å². The second kappa shape index (κ2) is 4.69. The molecule has 0 bridgehead atoms. The molecule has 0 aliphatic carbocycles. The van der Waals surface area contributed by atoms with Crippen molar-refractivity contribution >= 4 is 10.0 Å². The normalized spacial score (nSPS) is 12.4. The van der Waals surface area contributed by atoms with Gasteiger partial charge in [0.25, 0.3) is 0 Å². The third kappa shape index (κ3) is 6.28. The van der Waals surface area contributed by atoms with Gasteiger partial charge in [0.15, 0.2) is 0 Å². The molecule has 11 heavy (non-hydrogen) atoms. The first-order chi connectivity index (χ1) is 4.98. The molecule has 0 rings (SSSR count). The molecule has 0 aromatic carbocycles. The summed E-state index contributed by atoms with van der Waals surface area (Å²) < 4.78 is 21.8. The smallest absolute Gasteiger partial charge is 0.233 e. The van der Waals surface area contributed by atoms with E-state index < -0.39 is 10.0 Å². The highest BCUT2D eigenvalue weighted by Gasteiger charge is 2.08. The van der Waals surface area contributed by atoms with Gasteiger partial charge in [-0.05, 0) is 20.3 Å². The van der Waals surface area contributed by atoms with Gasteiger partial charge in [-0.25, -0.2) is 8.42 Å². The SMILES string of the molecule is CCCS(=O)(=O)NOC(C)C. The number of hydrogen-bond donors (Lipinski definition) is 1. The average molecular weight is 181 g/mol. The van der Waals surface area contributed by atoms with Crippen molar-refractivity contribution in [3.05, 3.63) is 0 Å². The Kier molecular flexibility index (Phi) is 4.63. The van der Waals surface area contributed by atoms with Crippen LogP contribution in [0, 0.1) is 0 Å². The lowest BCUT2D eigenvalue weighted by Crippen LogP contribution is -2.29. The van der Waals surface area contributed by atoms with Crippen molar-refractivity contribution in [1.82, 2.24) is 4.89 Å². The van der Waals surface area contributed by atoms with E-state index >= 15 is 0 Å². The first kappa shape index (κ1) is 10.9. The standard InChI is InChI=1S/C6H15NO3S/c1-4-5-11(8,9)7-10-6(2)3/h6-7H,4-5H2,1-3H3. The van der Waals surface area contributed by atoms with Crippen molar-refractivity contribution in [1.29, 1.82) is 0 Å². The molecule has 0 saturated carbocycles. The van der Waals surface area contributed by atoms with Crippen LogP contribution in [-0.4, -0.2) is 20.3 Å². The Morgan fingerprint density at radius 2 is 2.00 bits per heavy atom. The molecule has 0 aromatic heterocycles. The van der Waals surface area contributed by atoms with Crippen LogP contribution in [0.3, 0.4) is 0 Å². The average Bonchev–Trinajstić information content (AvgIpc) is 1.84. The van der Waals surface area contributed by atoms with Gasteiger partial charge in [-0.2, -0.15) is 0 Å². The molecule has 0 spiro atoms. The van der Waals surface area contributed by atoms with Crippen molar-refractivity contribution in [3.63, 3.8) is 0 Å². The predicted molar refractivity (Wildman–Crippen MR) is 43.4 cm³/mol. The zero-order valence-corrected chi connectivity index (χ0v) is 7.94. The Labute approximate surface area is 67.9 Å². The van der Waals surface area contributed by atoms with Crippen LogP contribution in [0.4, 0.5) is 0 Å². The van der Waals surface area contributed by atoms with E-state index in [9.17, 15) is 8.42 Å². The summed E-state index contributed by atoms with van der Waals surface area (Å²) in [4.78, 5) is 6.75. The zero-order valence-electron chi connectivity index (χ0n) is 7.12. The molecule has 0 heterocycles. The van der Waals surface area contributed by atoms with Gasteiger partial charge < -0.3 is 0 Å². The van der Waals surface area contributed by atoms with Gasteiger partial charge in [-0.15, -0.1) is 0 Å². The van der Waals surface area contributed by atoms with Crippen LogP contribution in [0.1, 0.15) is 27.2 Å². The minimum Gasteiger partial charge on any atom is -0.284 e. The van der Waals surface area contributed by atoms with Crippen LogP contribution in [0.5, 0.6) is 0 Å². The lowest BCUT2D eigenvalue weighted by atomic mass is 10.5. The quantitative estimate of drug-likeness (QED) is 0.634. The topological polar surface area (TPSA) is 55.4 Å². The van der Waals surface area contributed by atoms with Crippen molar-refractivity contribution in [3.8, 4) is 0 Å². The Morgan fingerprint density at radius 3 is 2.36 bits per heavy atom. The summed E-state index contributed by atoms with van der Waals surface area (Å²) in [5.41, 5.74) is 0. The number of sulfonamides is 1. The van der Waals surface area contributed by atoms with Gasteiger partial charge in [0, 0.05) is 0 Å². The van der Waals surface area contributed by atoms with E-state index in [1.807, 2.05) is 4.89 Å². The third-order valence-electron chi connectivity index (χ3n) is 0.884. The molecule has 4 nitrogen and oxygen atoms in total. The molecule has 0 aliphatic rings. The lowest BCUT2D eigenvalue weighted by Gasteiger charge is -2.07. The summed E-state index contributed by atoms with van der Waals surface area (Å²) >= 11 is 0. The molecule has 68 valence electrons. The summed E-state index contributed by atoms with van der Waals surface area (Å²) in [7, 11) is -3.20. The van der Waals surface area contributed by atoms with Crippen LogP contribution < -0.4 is 4.89 Å². The van der Waals surface area contributed by atoms with Crippen LogP contribution in [0.2, 0.25) is 0 Å². The van der Waals surface area contributed by atoms with E-state index in [2.05, 4.69) is 0 Å². The van der Waals surface area contributed by atoms with Gasteiger partial charge in [-0.1, -0.05) is 11.8 Å². The van der Waals surface area contributed by atoms with Gasteiger partial charge in [0.05, 0.1) is 11.9 Å². The Bertz CT molecular complexity index is 186. The molecule has 0 atom stereocenters. The minimum atomic E-state index is -3.20. The fourth-order valence-electron chi connectivity index (χ4n) is 0.480. The summed E-state index contributed by atoms with van der Waals surface area (Å²) in [6.45, 7) is 5.32. The zero-order chi connectivity index (χ0) is 8.91. The first-order valence-corrected chi connectivity index (χ1v) is 5.28. The molecule has 0 saturated heterocycles. The van der Waals surface area contributed by atoms with E-state index in [1.165, 1.54) is 0 Å². The predicted octanol–water partition coefficient (Wildman–Crippen LogP) is 0.656. The van der Waals surface area contributed by atoms with E-state index in [0.717, 1.165) is 0 Å². The third-order valence-corrected chi connectivity index (χ3v) is 2.18. The maximum Gasteiger partial charge on any atom is 0.233 e. The highest BCUT2D eigenvalue weighted by molar-refractivity contribution is 7.89.